The molecule has 0 amide bonds. The van der Waals surface area contributed by atoms with Crippen molar-refractivity contribution in [3.63, 3.8) is 0 Å². The monoisotopic (exact) mass is 384 g/mol. The molecule has 28 heavy (non-hydrogen) atoms. The average molecular weight is 385 g/mol. The summed E-state index contributed by atoms with van der Waals surface area (Å²) in [6.45, 7) is 11.2. The third-order valence-electron chi connectivity index (χ3n) is 5.30. The standard InChI is InChI=1S/C18H23NO2.C6H13N/c1-4-19(11-15-6-5-7-17(20)10-15)12-16-8-13(2)18(21)14(3)9-16;1-7-5-3-2-4-6-7/h5-10,20-21H,4,11-12H2,1-3H3;2-6H2,1H3. The normalized spacial score (nSPS) is 14.6. The fourth-order valence-corrected chi connectivity index (χ4v) is 3.64. The molecule has 0 saturated carbocycles. The first-order valence-corrected chi connectivity index (χ1v) is 10.4. The van der Waals surface area contributed by atoms with Crippen LogP contribution in [0.15, 0.2) is 36.4 Å². The highest BCUT2D eigenvalue weighted by molar-refractivity contribution is 5.42. The molecule has 1 aliphatic heterocycles. The highest BCUT2D eigenvalue weighted by atomic mass is 16.3. The van der Waals surface area contributed by atoms with E-state index in [1.54, 1.807) is 12.1 Å². The second-order valence-electron chi connectivity index (χ2n) is 7.92. The number of phenolic OH excluding ortho intramolecular Hbond substituents is 2. The van der Waals surface area contributed by atoms with Gasteiger partial charge in [0, 0.05) is 13.1 Å². The molecule has 0 atom stereocenters. The fraction of sp³-hybridized carbons (Fsp3) is 0.500. The first-order valence-electron chi connectivity index (χ1n) is 10.4. The molecule has 2 aromatic rings. The quantitative estimate of drug-likeness (QED) is 0.774. The number of benzene rings is 2. The van der Waals surface area contributed by atoms with Crippen molar-refractivity contribution >= 4 is 0 Å². The first kappa shape index (κ1) is 22.3. The van der Waals surface area contributed by atoms with Gasteiger partial charge in [-0.3, -0.25) is 4.90 Å². The van der Waals surface area contributed by atoms with Crippen LogP contribution in [0.5, 0.6) is 11.5 Å². The number of piperidine rings is 1. The molecule has 2 aromatic carbocycles. The first-order chi connectivity index (χ1) is 13.4. The molecule has 4 heteroatoms. The van der Waals surface area contributed by atoms with Gasteiger partial charge in [-0.25, -0.2) is 0 Å². The van der Waals surface area contributed by atoms with Crippen molar-refractivity contribution < 1.29 is 10.2 Å². The lowest BCUT2D eigenvalue weighted by atomic mass is 10.1. The average Bonchev–Trinajstić information content (AvgIpc) is 2.66. The van der Waals surface area contributed by atoms with Crippen LogP contribution in [-0.4, -0.2) is 46.7 Å². The molecule has 0 unspecified atom stereocenters. The minimum atomic E-state index is 0.305. The number of aromatic hydroxyl groups is 2. The zero-order valence-corrected chi connectivity index (χ0v) is 17.9. The molecule has 0 spiro atoms. The largest absolute Gasteiger partial charge is 0.508 e. The Morgan fingerprint density at radius 2 is 1.50 bits per heavy atom. The van der Waals surface area contributed by atoms with Gasteiger partial charge in [0.2, 0.25) is 0 Å². The molecule has 0 radical (unpaired) electrons. The summed E-state index contributed by atoms with van der Waals surface area (Å²) < 4.78 is 0. The van der Waals surface area contributed by atoms with Crippen molar-refractivity contribution in [2.24, 2.45) is 0 Å². The third kappa shape index (κ3) is 7.17. The second kappa shape index (κ2) is 11.1. The summed E-state index contributed by atoms with van der Waals surface area (Å²) in [6, 6.07) is 11.5. The van der Waals surface area contributed by atoms with Crippen molar-refractivity contribution in [3.8, 4) is 11.5 Å². The van der Waals surface area contributed by atoms with E-state index in [2.05, 4.69) is 23.8 Å². The Morgan fingerprint density at radius 3 is 2.00 bits per heavy atom. The Morgan fingerprint density at radius 1 is 0.893 bits per heavy atom. The molecule has 0 aliphatic carbocycles. The molecule has 1 aliphatic rings. The summed E-state index contributed by atoms with van der Waals surface area (Å²) in [5.74, 6) is 0.689. The van der Waals surface area contributed by atoms with E-state index in [0.29, 0.717) is 11.5 Å². The minimum absolute atomic E-state index is 0.305. The Hall–Kier alpha value is -2.04. The lowest BCUT2D eigenvalue weighted by Gasteiger charge is -2.21. The molecule has 1 saturated heterocycles. The summed E-state index contributed by atoms with van der Waals surface area (Å²) in [4.78, 5) is 4.70. The Bertz CT molecular complexity index is 716. The smallest absolute Gasteiger partial charge is 0.121 e. The lowest BCUT2D eigenvalue weighted by molar-refractivity contribution is 0.271. The maximum atomic E-state index is 9.85. The highest BCUT2D eigenvalue weighted by Gasteiger charge is 2.09. The predicted molar refractivity (Wildman–Crippen MR) is 117 cm³/mol. The van der Waals surface area contributed by atoms with Crippen LogP contribution >= 0.6 is 0 Å². The van der Waals surface area contributed by atoms with E-state index in [1.807, 2.05) is 38.1 Å². The molecular formula is C24H36N2O2. The zero-order valence-electron chi connectivity index (χ0n) is 17.9. The van der Waals surface area contributed by atoms with E-state index in [4.69, 9.17) is 0 Å². The van der Waals surface area contributed by atoms with Gasteiger partial charge in [-0.05, 0) is 87.8 Å². The zero-order chi connectivity index (χ0) is 20.5. The Balaban J connectivity index is 0.000000336. The van der Waals surface area contributed by atoms with Gasteiger partial charge in [-0.1, -0.05) is 37.6 Å². The van der Waals surface area contributed by atoms with Crippen molar-refractivity contribution in [1.29, 1.82) is 0 Å². The molecule has 4 nitrogen and oxygen atoms in total. The molecular weight excluding hydrogens is 348 g/mol. The van der Waals surface area contributed by atoms with E-state index < -0.39 is 0 Å². The molecule has 3 rings (SSSR count). The highest BCUT2D eigenvalue weighted by Crippen LogP contribution is 2.24. The van der Waals surface area contributed by atoms with Crippen LogP contribution in [-0.2, 0) is 13.1 Å². The van der Waals surface area contributed by atoms with E-state index in [0.717, 1.165) is 36.3 Å². The molecule has 0 aromatic heterocycles. The molecule has 0 bridgehead atoms. The lowest BCUT2D eigenvalue weighted by Crippen LogP contribution is -2.24. The Labute approximate surface area is 170 Å². The molecule has 2 N–H and O–H groups in total. The van der Waals surface area contributed by atoms with Crippen molar-refractivity contribution in [1.82, 2.24) is 9.80 Å². The van der Waals surface area contributed by atoms with E-state index in [9.17, 15) is 10.2 Å². The molecule has 1 heterocycles. The van der Waals surface area contributed by atoms with Gasteiger partial charge in [-0.2, -0.15) is 0 Å². The van der Waals surface area contributed by atoms with Crippen molar-refractivity contribution in [2.75, 3.05) is 26.7 Å². The van der Waals surface area contributed by atoms with E-state index >= 15 is 0 Å². The fourth-order valence-electron chi connectivity index (χ4n) is 3.64. The van der Waals surface area contributed by atoms with Gasteiger partial charge in [0.05, 0.1) is 0 Å². The third-order valence-corrected chi connectivity index (χ3v) is 5.30. The maximum Gasteiger partial charge on any atom is 0.121 e. The van der Waals surface area contributed by atoms with Crippen molar-refractivity contribution in [3.05, 3.63) is 58.7 Å². The van der Waals surface area contributed by atoms with Crippen LogP contribution in [0.25, 0.3) is 0 Å². The van der Waals surface area contributed by atoms with Crippen molar-refractivity contribution in [2.45, 2.75) is 53.1 Å². The van der Waals surface area contributed by atoms with Gasteiger partial charge >= 0.3 is 0 Å². The number of rotatable bonds is 5. The van der Waals surface area contributed by atoms with Crippen LogP contribution in [0, 0.1) is 13.8 Å². The number of nitrogens with zero attached hydrogens (tertiary/aromatic N) is 2. The second-order valence-corrected chi connectivity index (χ2v) is 7.92. The topological polar surface area (TPSA) is 46.9 Å². The number of aryl methyl sites for hydroxylation is 2. The Kier molecular flexibility index (Phi) is 8.81. The van der Waals surface area contributed by atoms with E-state index in [1.165, 1.54) is 37.9 Å². The summed E-state index contributed by atoms with van der Waals surface area (Å²) in [5, 5.41) is 19.4. The van der Waals surface area contributed by atoms with Gasteiger partial charge in [-0.15, -0.1) is 0 Å². The molecule has 1 fully saturated rings. The predicted octanol–water partition coefficient (Wildman–Crippen LogP) is 4.84. The number of likely N-dealkylation sites (tertiary alicyclic amines) is 1. The summed E-state index contributed by atoms with van der Waals surface area (Å²) in [6.07, 6.45) is 4.28. The van der Waals surface area contributed by atoms with Gasteiger partial charge < -0.3 is 15.1 Å². The van der Waals surface area contributed by atoms with Crippen LogP contribution < -0.4 is 0 Å². The van der Waals surface area contributed by atoms with Crippen LogP contribution in [0.3, 0.4) is 0 Å². The number of phenols is 2. The van der Waals surface area contributed by atoms with Gasteiger partial charge in [0.25, 0.3) is 0 Å². The molecule has 154 valence electrons. The van der Waals surface area contributed by atoms with Gasteiger partial charge in [0.1, 0.15) is 11.5 Å². The number of hydrogen-bond donors (Lipinski definition) is 2. The van der Waals surface area contributed by atoms with E-state index in [-0.39, 0.29) is 0 Å². The summed E-state index contributed by atoms with van der Waals surface area (Å²) >= 11 is 0. The minimum Gasteiger partial charge on any atom is -0.508 e. The SMILES string of the molecule is CCN(Cc1cccc(O)c1)Cc1cc(C)c(O)c(C)c1.CN1CCCCC1. The van der Waals surface area contributed by atoms with Crippen LogP contribution in [0.1, 0.15) is 48.4 Å². The van der Waals surface area contributed by atoms with Crippen LogP contribution in [0.2, 0.25) is 0 Å². The van der Waals surface area contributed by atoms with Gasteiger partial charge in [0.15, 0.2) is 0 Å². The van der Waals surface area contributed by atoms with Crippen LogP contribution in [0.4, 0.5) is 0 Å². The summed E-state index contributed by atoms with van der Waals surface area (Å²) in [5.41, 5.74) is 4.13. The summed E-state index contributed by atoms with van der Waals surface area (Å²) in [7, 11) is 2.19. The maximum absolute atomic E-state index is 9.85. The number of hydrogen-bond acceptors (Lipinski definition) is 4.